The fourth-order valence-corrected chi connectivity index (χ4v) is 5.58. The molecule has 7 heteroatoms. The summed E-state index contributed by atoms with van der Waals surface area (Å²) in [5.41, 5.74) is 0. The number of hydrogen-bond donors (Lipinski definition) is 0. The molecule has 0 aromatic heterocycles. The van der Waals surface area contributed by atoms with Gasteiger partial charge in [-0.15, -0.1) is 0 Å². The fraction of sp³-hybridized carbons (Fsp3) is 0.846. The van der Waals surface area contributed by atoms with E-state index in [2.05, 4.69) is 47.6 Å². The summed E-state index contributed by atoms with van der Waals surface area (Å²) in [6, 6.07) is 0. The third-order valence-electron chi connectivity index (χ3n) is 8.28. The molecule has 0 aromatic carbocycles. The number of esters is 2. The SMILES string of the molecule is CCCCCCCC/C=C\CCCCCCCC(=O)OCC(CO[PH-])OC(=O)CCCCCCC/C=C\CCCCCCCC.[Na+]. The van der Waals surface area contributed by atoms with Gasteiger partial charge in [-0.05, 0) is 64.2 Å². The molecule has 0 radical (unpaired) electrons. The van der Waals surface area contributed by atoms with Crippen LogP contribution >= 0.6 is 9.47 Å². The van der Waals surface area contributed by atoms with Gasteiger partial charge in [0.25, 0.3) is 0 Å². The van der Waals surface area contributed by atoms with Crippen molar-refractivity contribution in [3.05, 3.63) is 24.3 Å². The Balaban J connectivity index is 0. The Morgan fingerprint density at radius 2 is 0.848 bits per heavy atom. The van der Waals surface area contributed by atoms with Crippen molar-refractivity contribution in [1.29, 1.82) is 0 Å². The molecule has 0 amide bonds. The van der Waals surface area contributed by atoms with E-state index in [9.17, 15) is 9.59 Å². The number of ether oxygens (including phenoxy) is 2. The molecular weight excluding hydrogens is 602 g/mol. The Kier molecular flexibility index (Phi) is 42.7. The van der Waals surface area contributed by atoms with Gasteiger partial charge in [0.1, 0.15) is 6.61 Å². The van der Waals surface area contributed by atoms with Crippen LogP contribution in [0.4, 0.5) is 0 Å². The molecule has 46 heavy (non-hydrogen) atoms. The van der Waals surface area contributed by atoms with Gasteiger partial charge in [0.15, 0.2) is 6.10 Å². The topological polar surface area (TPSA) is 61.8 Å². The van der Waals surface area contributed by atoms with Gasteiger partial charge in [-0.25, -0.2) is 0 Å². The molecule has 0 aliphatic rings. The molecule has 0 aliphatic heterocycles. The number of unbranched alkanes of at least 4 members (excludes halogenated alkanes) is 22. The van der Waals surface area contributed by atoms with Crippen LogP contribution in [0.1, 0.15) is 194 Å². The molecule has 0 saturated carbocycles. The van der Waals surface area contributed by atoms with E-state index >= 15 is 0 Å². The zero-order chi connectivity index (χ0) is 32.9. The molecule has 0 aliphatic carbocycles. The van der Waals surface area contributed by atoms with Gasteiger partial charge in [0, 0.05) is 12.8 Å². The first kappa shape index (κ1) is 47.9. The van der Waals surface area contributed by atoms with Crippen LogP contribution in [0, 0.1) is 0 Å². The van der Waals surface area contributed by atoms with Crippen molar-refractivity contribution < 1.29 is 53.1 Å². The van der Waals surface area contributed by atoms with Crippen molar-refractivity contribution in [3.8, 4) is 0 Å². The fourth-order valence-electron chi connectivity index (χ4n) is 5.39. The minimum atomic E-state index is -0.587. The summed E-state index contributed by atoms with van der Waals surface area (Å²) >= 11 is 0. The maximum absolute atomic E-state index is 12.3. The monoisotopic (exact) mass is 675 g/mol. The normalized spacial score (nSPS) is 12.1. The van der Waals surface area contributed by atoms with Crippen LogP contribution in [0.15, 0.2) is 24.3 Å². The smallest absolute Gasteiger partial charge is 0.558 e. The van der Waals surface area contributed by atoms with Crippen molar-refractivity contribution in [2.75, 3.05) is 13.2 Å². The summed E-state index contributed by atoms with van der Waals surface area (Å²) in [7, 11) is 2.98. The van der Waals surface area contributed by atoms with Crippen LogP contribution in [0.2, 0.25) is 0 Å². The van der Waals surface area contributed by atoms with Gasteiger partial charge in [-0.3, -0.25) is 9.59 Å². The van der Waals surface area contributed by atoms with Crippen molar-refractivity contribution >= 4 is 21.4 Å². The first-order chi connectivity index (χ1) is 22.1. The van der Waals surface area contributed by atoms with Crippen LogP contribution in [0.5, 0.6) is 0 Å². The zero-order valence-electron chi connectivity index (χ0n) is 30.6. The second-order valence-corrected chi connectivity index (χ2v) is 13.1. The first-order valence-electron chi connectivity index (χ1n) is 19.1. The van der Waals surface area contributed by atoms with E-state index in [0.29, 0.717) is 12.8 Å². The second kappa shape index (κ2) is 41.0. The Morgan fingerprint density at radius 3 is 1.24 bits per heavy atom. The molecule has 1 unspecified atom stereocenters. The van der Waals surface area contributed by atoms with E-state index in [1.54, 1.807) is 0 Å². The molecule has 0 N–H and O–H groups in total. The van der Waals surface area contributed by atoms with E-state index in [-0.39, 0.29) is 54.7 Å². The van der Waals surface area contributed by atoms with Crippen LogP contribution < -0.4 is 29.6 Å². The van der Waals surface area contributed by atoms with E-state index in [0.717, 1.165) is 51.4 Å². The zero-order valence-corrected chi connectivity index (χ0v) is 33.6. The summed E-state index contributed by atoms with van der Waals surface area (Å²) in [5, 5.41) is 0. The van der Waals surface area contributed by atoms with E-state index in [1.807, 2.05) is 0 Å². The number of carbonyl (C=O) groups is 2. The largest absolute Gasteiger partial charge is 1.00 e. The van der Waals surface area contributed by atoms with E-state index in [4.69, 9.17) is 14.0 Å². The van der Waals surface area contributed by atoms with Gasteiger partial charge in [0.05, 0.1) is 6.61 Å². The van der Waals surface area contributed by atoms with Gasteiger partial charge in [-0.2, -0.15) is 0 Å². The molecule has 0 bridgehead atoms. The predicted molar refractivity (Wildman–Crippen MR) is 194 cm³/mol. The standard InChI is InChI=1S/C39H72O5P.Na/c1-3-5-7-9-11-13-15-17-19-21-23-25-27-29-31-33-38(40)42-35-37(36-43-45)44-39(41)34-32-30-28-26-24-22-20-18-16-14-12-10-8-6-4-2;/h17-20,37,45H,3-16,21-36H2,1-2H3;/q-1;+1/b19-17-,20-18-;. The molecule has 1 atom stereocenters. The summed E-state index contributed by atoms with van der Waals surface area (Å²) in [4.78, 5) is 24.5. The van der Waals surface area contributed by atoms with Gasteiger partial charge in [0.2, 0.25) is 0 Å². The van der Waals surface area contributed by atoms with E-state index < -0.39 is 6.10 Å². The predicted octanol–water partition coefficient (Wildman–Crippen LogP) is 9.59. The Bertz CT molecular complexity index is 700. The van der Waals surface area contributed by atoms with Gasteiger partial charge < -0.3 is 23.5 Å². The summed E-state index contributed by atoms with van der Waals surface area (Å²) in [6.45, 7) is 4.71. The van der Waals surface area contributed by atoms with Gasteiger partial charge in [-0.1, -0.05) is 141 Å². The molecule has 0 fully saturated rings. The van der Waals surface area contributed by atoms with Crippen LogP contribution in [0.3, 0.4) is 0 Å². The number of hydrogen-bond acceptors (Lipinski definition) is 5. The molecule has 0 saturated heterocycles. The van der Waals surface area contributed by atoms with Crippen LogP contribution in [-0.2, 0) is 23.6 Å². The molecule has 5 nitrogen and oxygen atoms in total. The molecule has 0 spiro atoms. The number of rotatable bonds is 35. The Labute approximate surface area is 310 Å². The molecular formula is C39H72NaO5P. The third kappa shape index (κ3) is 38.3. The second-order valence-electron chi connectivity index (χ2n) is 12.8. The van der Waals surface area contributed by atoms with Crippen molar-refractivity contribution in [2.45, 2.75) is 200 Å². The molecule has 264 valence electrons. The molecule has 0 aromatic rings. The third-order valence-corrected chi connectivity index (χ3v) is 8.45. The van der Waals surface area contributed by atoms with Gasteiger partial charge >= 0.3 is 41.5 Å². The summed E-state index contributed by atoms with van der Waals surface area (Å²) in [6.07, 6.45) is 41.4. The molecule has 0 heterocycles. The molecule has 0 rings (SSSR count). The minimum absolute atomic E-state index is 0. The van der Waals surface area contributed by atoms with Crippen molar-refractivity contribution in [2.24, 2.45) is 0 Å². The van der Waals surface area contributed by atoms with Crippen molar-refractivity contribution in [1.82, 2.24) is 0 Å². The average molecular weight is 675 g/mol. The Hall–Kier alpha value is -0.190. The summed E-state index contributed by atoms with van der Waals surface area (Å²) < 4.78 is 15.9. The van der Waals surface area contributed by atoms with Crippen LogP contribution in [0.25, 0.3) is 0 Å². The van der Waals surface area contributed by atoms with Crippen LogP contribution in [-0.4, -0.2) is 31.3 Å². The quantitative estimate of drug-likeness (QED) is 0.0220. The first-order valence-corrected chi connectivity index (χ1v) is 19.5. The maximum atomic E-state index is 12.3. The number of allylic oxidation sites excluding steroid dienone is 4. The average Bonchev–Trinajstić information content (AvgIpc) is 3.03. The minimum Gasteiger partial charge on any atom is -0.558 e. The Morgan fingerprint density at radius 1 is 0.500 bits per heavy atom. The number of carbonyl (C=O) groups excluding carboxylic acids is 2. The van der Waals surface area contributed by atoms with E-state index in [1.165, 1.54) is 116 Å². The van der Waals surface area contributed by atoms with Crippen molar-refractivity contribution in [3.63, 3.8) is 0 Å². The summed E-state index contributed by atoms with van der Waals surface area (Å²) in [5.74, 6) is -0.491. The maximum Gasteiger partial charge on any atom is 1.00 e.